The molecule has 5 fully saturated rings. The topological polar surface area (TPSA) is 41.9 Å². The minimum atomic E-state index is -0.246. The van der Waals surface area contributed by atoms with Crippen LogP contribution >= 0.6 is 11.8 Å². The van der Waals surface area contributed by atoms with Crippen molar-refractivity contribution in [3.8, 4) is 0 Å². The zero-order valence-corrected chi connectivity index (χ0v) is 13.8. The van der Waals surface area contributed by atoms with E-state index in [0.29, 0.717) is 11.3 Å². The number of rotatable bonds is 2. The number of nitrogens with zero attached hydrogens (tertiary/aromatic N) is 1. The van der Waals surface area contributed by atoms with Crippen LogP contribution in [0, 0.1) is 17.3 Å². The molecule has 0 radical (unpaired) electrons. The van der Waals surface area contributed by atoms with Crippen molar-refractivity contribution in [1.82, 2.24) is 4.42 Å². The van der Waals surface area contributed by atoms with Crippen LogP contribution in [0.1, 0.15) is 46.5 Å². The van der Waals surface area contributed by atoms with E-state index in [1.54, 1.807) is 4.42 Å². The van der Waals surface area contributed by atoms with E-state index in [4.69, 9.17) is 21.1 Å². The highest BCUT2D eigenvalue weighted by atomic mass is 35.5. The molecule has 21 heavy (non-hydrogen) atoms. The fraction of sp³-hybridized carbons (Fsp3) is 1.00. The molecule has 0 aromatic heterocycles. The molecule has 0 spiro atoms. The fourth-order valence-corrected chi connectivity index (χ4v) is 5.71. The number of aliphatic hydroxyl groups is 1. The van der Waals surface area contributed by atoms with Crippen LogP contribution in [0.2, 0.25) is 0 Å². The third-order valence-corrected chi connectivity index (χ3v) is 7.48. The van der Waals surface area contributed by atoms with Gasteiger partial charge in [0.25, 0.3) is 0 Å². The molecular formula is C15H25BClNO3. The number of hydrogen-bond donors (Lipinski definition) is 1. The van der Waals surface area contributed by atoms with Crippen LogP contribution in [0.4, 0.5) is 0 Å². The Labute approximate surface area is 132 Å². The molecule has 2 heterocycles. The van der Waals surface area contributed by atoms with Crippen LogP contribution in [-0.2, 0) is 9.31 Å². The molecule has 0 aromatic carbocycles. The van der Waals surface area contributed by atoms with E-state index in [2.05, 4.69) is 20.8 Å². The Bertz CT molecular complexity index is 451. The molecule has 0 amide bonds. The number of halogens is 1. The summed E-state index contributed by atoms with van der Waals surface area (Å²) >= 11 is 6.38. The molecule has 1 N–H and O–H groups in total. The Morgan fingerprint density at radius 2 is 2.05 bits per heavy atom. The SMILES string of the molecule is CC1(C)C2C[C@H]3OB(C4CCC(CO)N4Cl)O[C@@]3(C)[C@H]1C2. The minimum absolute atomic E-state index is 0.0319. The third-order valence-electron chi connectivity index (χ3n) is 6.96. The molecule has 2 bridgehead atoms. The highest BCUT2D eigenvalue weighted by Gasteiger charge is 2.69. The lowest BCUT2D eigenvalue weighted by Crippen LogP contribution is -2.65. The lowest BCUT2D eigenvalue weighted by molar-refractivity contribution is -0.199. The van der Waals surface area contributed by atoms with E-state index in [0.717, 1.165) is 25.2 Å². The Morgan fingerprint density at radius 3 is 2.67 bits per heavy atom. The summed E-state index contributed by atoms with van der Waals surface area (Å²) < 4.78 is 14.5. The average molecular weight is 314 g/mol. The van der Waals surface area contributed by atoms with Crippen molar-refractivity contribution < 1.29 is 14.4 Å². The van der Waals surface area contributed by atoms with Gasteiger partial charge in [0.2, 0.25) is 0 Å². The van der Waals surface area contributed by atoms with Gasteiger partial charge in [0, 0.05) is 6.04 Å². The van der Waals surface area contributed by atoms with Crippen molar-refractivity contribution in [3.63, 3.8) is 0 Å². The fourth-order valence-electron chi connectivity index (χ4n) is 5.37. The smallest absolute Gasteiger partial charge is 0.404 e. The van der Waals surface area contributed by atoms with Crippen LogP contribution in [0.25, 0.3) is 0 Å². The van der Waals surface area contributed by atoms with E-state index in [1.807, 2.05) is 0 Å². The van der Waals surface area contributed by atoms with Crippen LogP contribution in [0.5, 0.6) is 0 Å². The van der Waals surface area contributed by atoms with Crippen molar-refractivity contribution in [2.24, 2.45) is 17.3 Å². The summed E-state index contributed by atoms with van der Waals surface area (Å²) in [5, 5.41) is 9.36. The minimum Gasteiger partial charge on any atom is -0.404 e. The quantitative estimate of drug-likeness (QED) is 0.627. The van der Waals surface area contributed by atoms with Crippen molar-refractivity contribution in [2.75, 3.05) is 6.61 Å². The lowest BCUT2D eigenvalue weighted by atomic mass is 9.43. The molecule has 2 aliphatic heterocycles. The number of aliphatic hydroxyl groups excluding tert-OH is 1. The van der Waals surface area contributed by atoms with Crippen LogP contribution in [-0.4, -0.2) is 46.9 Å². The Kier molecular flexibility index (Phi) is 3.24. The van der Waals surface area contributed by atoms with Gasteiger partial charge in [0.15, 0.2) is 0 Å². The summed E-state index contributed by atoms with van der Waals surface area (Å²) in [6.45, 7) is 7.08. The van der Waals surface area contributed by atoms with Crippen LogP contribution in [0.15, 0.2) is 0 Å². The zero-order valence-electron chi connectivity index (χ0n) is 13.1. The second-order valence-corrected chi connectivity index (χ2v) is 8.55. The summed E-state index contributed by atoms with van der Waals surface area (Å²) in [6.07, 6.45) is 4.42. The average Bonchev–Trinajstić information content (AvgIpc) is 2.96. The largest absolute Gasteiger partial charge is 0.477 e. The van der Waals surface area contributed by atoms with Crippen molar-refractivity contribution >= 4 is 18.9 Å². The molecule has 6 heteroatoms. The van der Waals surface area contributed by atoms with Gasteiger partial charge in [-0.15, -0.1) is 0 Å². The summed E-state index contributed by atoms with van der Waals surface area (Å²) in [4.78, 5) is 0. The van der Waals surface area contributed by atoms with E-state index in [-0.39, 0.29) is 37.4 Å². The van der Waals surface area contributed by atoms with E-state index in [9.17, 15) is 5.11 Å². The molecule has 3 unspecified atom stereocenters. The highest BCUT2D eigenvalue weighted by Crippen LogP contribution is 2.66. The van der Waals surface area contributed by atoms with Gasteiger partial charge in [-0.1, -0.05) is 13.8 Å². The lowest BCUT2D eigenvalue weighted by Gasteiger charge is -2.64. The summed E-state index contributed by atoms with van der Waals surface area (Å²) in [5.74, 6) is 1.41. The predicted molar refractivity (Wildman–Crippen MR) is 81.7 cm³/mol. The predicted octanol–water partition coefficient (Wildman–Crippen LogP) is 2.23. The molecule has 2 saturated heterocycles. The Hall–Kier alpha value is 0.195. The first-order valence-corrected chi connectivity index (χ1v) is 8.60. The van der Waals surface area contributed by atoms with Gasteiger partial charge in [0.05, 0.1) is 24.3 Å². The van der Waals surface area contributed by atoms with Crippen molar-refractivity contribution in [3.05, 3.63) is 0 Å². The molecule has 5 rings (SSSR count). The van der Waals surface area contributed by atoms with E-state index in [1.165, 1.54) is 6.42 Å². The monoisotopic (exact) mass is 313 g/mol. The van der Waals surface area contributed by atoms with Crippen molar-refractivity contribution in [1.29, 1.82) is 0 Å². The third kappa shape index (κ3) is 1.85. The van der Waals surface area contributed by atoms with E-state index >= 15 is 0 Å². The second kappa shape index (κ2) is 4.61. The van der Waals surface area contributed by atoms with Gasteiger partial charge in [-0.2, -0.15) is 0 Å². The first kappa shape index (κ1) is 14.8. The summed E-state index contributed by atoms with van der Waals surface area (Å²) in [6, 6.07) is 0.0319. The maximum atomic E-state index is 9.36. The molecule has 3 saturated carbocycles. The van der Waals surface area contributed by atoms with Gasteiger partial charge >= 0.3 is 7.12 Å². The first-order valence-electron chi connectivity index (χ1n) is 8.26. The van der Waals surface area contributed by atoms with Crippen LogP contribution in [0.3, 0.4) is 0 Å². The Balaban J connectivity index is 1.53. The standard InChI is InChI=1S/C15H25BClNO3/c1-14(2)9-6-11(14)15(3)12(7-9)20-16(21-15)13-5-4-10(8-19)18(13)17/h9-13,19H,4-8H2,1-3H3/t9?,10?,11-,12+,13?,15-/m0/s1. The summed E-state index contributed by atoms with van der Waals surface area (Å²) in [7, 11) is -0.246. The number of hydrogen-bond acceptors (Lipinski definition) is 4. The summed E-state index contributed by atoms with van der Waals surface area (Å²) in [5.41, 5.74) is 0.200. The first-order chi connectivity index (χ1) is 9.88. The molecule has 5 aliphatic rings. The van der Waals surface area contributed by atoms with Crippen LogP contribution < -0.4 is 0 Å². The van der Waals surface area contributed by atoms with Gasteiger partial charge in [-0.3, -0.25) is 0 Å². The molecule has 118 valence electrons. The zero-order chi connectivity index (χ0) is 15.0. The molecular weight excluding hydrogens is 288 g/mol. The molecule has 6 atom stereocenters. The molecule has 4 nitrogen and oxygen atoms in total. The molecule has 0 aromatic rings. The second-order valence-electron chi connectivity index (χ2n) is 8.16. The van der Waals surface area contributed by atoms with E-state index < -0.39 is 0 Å². The van der Waals surface area contributed by atoms with Gasteiger partial charge in [-0.05, 0) is 61.6 Å². The Morgan fingerprint density at radius 1 is 1.29 bits per heavy atom. The van der Waals surface area contributed by atoms with Gasteiger partial charge in [-0.25, -0.2) is 4.42 Å². The normalized spacial score (nSPS) is 51.9. The van der Waals surface area contributed by atoms with Gasteiger partial charge in [0.1, 0.15) is 0 Å². The van der Waals surface area contributed by atoms with Crippen molar-refractivity contribution in [2.45, 2.75) is 70.1 Å². The van der Waals surface area contributed by atoms with Gasteiger partial charge < -0.3 is 14.4 Å². The maximum absolute atomic E-state index is 9.36. The highest BCUT2D eigenvalue weighted by molar-refractivity contribution is 6.48. The molecule has 3 aliphatic carbocycles. The maximum Gasteiger partial charge on any atom is 0.477 e.